The third-order valence-electron chi connectivity index (χ3n) is 3.56. The third-order valence-corrected chi connectivity index (χ3v) is 5.03. The van der Waals surface area contributed by atoms with Crippen LogP contribution in [0, 0.1) is 10.1 Å². The second-order valence-corrected chi connectivity index (χ2v) is 6.82. The van der Waals surface area contributed by atoms with Crippen LogP contribution in [0.2, 0.25) is 0 Å². The van der Waals surface area contributed by atoms with Gasteiger partial charge in [-0.05, 0) is 30.2 Å². The number of sulfonamides is 1. The first kappa shape index (κ1) is 17.9. The Hall–Kier alpha value is -2.45. The molecule has 24 heavy (non-hydrogen) atoms. The Morgan fingerprint density at radius 2 is 1.88 bits per heavy atom. The molecular weight excluding hydrogens is 332 g/mol. The summed E-state index contributed by atoms with van der Waals surface area (Å²) in [5.41, 5.74) is 0.516. The van der Waals surface area contributed by atoms with E-state index < -0.39 is 21.0 Å². The fourth-order valence-electron chi connectivity index (χ4n) is 2.24. The normalized spacial score (nSPS) is 12.6. The number of non-ortho nitro benzene ring substituents is 1. The number of nitro benzene ring substituents is 1. The molecule has 0 saturated carbocycles. The van der Waals surface area contributed by atoms with Crippen LogP contribution in [-0.2, 0) is 10.0 Å². The number of hydrogen-bond acceptors (Lipinski definition) is 5. The number of nitrogens with zero attached hydrogens (tertiary/aromatic N) is 1. The zero-order chi connectivity index (χ0) is 17.7. The van der Waals surface area contributed by atoms with Gasteiger partial charge >= 0.3 is 0 Å². The molecule has 0 spiro atoms. The van der Waals surface area contributed by atoms with Crippen molar-refractivity contribution in [2.45, 2.75) is 24.3 Å². The van der Waals surface area contributed by atoms with Crippen molar-refractivity contribution in [3.63, 3.8) is 0 Å². The van der Waals surface area contributed by atoms with Crippen molar-refractivity contribution in [1.29, 1.82) is 0 Å². The maximum atomic E-state index is 12.5. The van der Waals surface area contributed by atoms with Crippen LogP contribution >= 0.6 is 0 Å². The van der Waals surface area contributed by atoms with Crippen molar-refractivity contribution in [1.82, 2.24) is 4.72 Å². The fourth-order valence-corrected chi connectivity index (χ4v) is 3.59. The molecule has 0 saturated heterocycles. The Labute approximate surface area is 140 Å². The SMILES string of the molecule is CCC(NS(=O)(=O)c1cccc([N+](=O)[O-])c1)c1ccc(OC)cc1. The molecule has 0 aliphatic rings. The molecule has 0 fully saturated rings. The van der Waals surface area contributed by atoms with Gasteiger partial charge in [-0.3, -0.25) is 10.1 Å². The quantitative estimate of drug-likeness (QED) is 0.611. The maximum absolute atomic E-state index is 12.5. The van der Waals surface area contributed by atoms with Crippen LogP contribution in [0.25, 0.3) is 0 Å². The highest BCUT2D eigenvalue weighted by atomic mass is 32.2. The van der Waals surface area contributed by atoms with Gasteiger partial charge in [-0.2, -0.15) is 0 Å². The van der Waals surface area contributed by atoms with Gasteiger partial charge in [0.15, 0.2) is 0 Å². The molecule has 7 nitrogen and oxygen atoms in total. The first-order valence-electron chi connectivity index (χ1n) is 7.28. The van der Waals surface area contributed by atoms with Gasteiger partial charge in [-0.25, -0.2) is 13.1 Å². The zero-order valence-corrected chi connectivity index (χ0v) is 14.1. The van der Waals surface area contributed by atoms with E-state index in [0.717, 1.165) is 11.6 Å². The molecule has 0 aliphatic heterocycles. The van der Waals surface area contributed by atoms with E-state index in [4.69, 9.17) is 4.74 Å². The minimum absolute atomic E-state index is 0.135. The monoisotopic (exact) mass is 350 g/mol. The lowest BCUT2D eigenvalue weighted by atomic mass is 10.1. The van der Waals surface area contributed by atoms with E-state index in [9.17, 15) is 18.5 Å². The van der Waals surface area contributed by atoms with Gasteiger partial charge < -0.3 is 4.74 Å². The third kappa shape index (κ3) is 4.09. The summed E-state index contributed by atoms with van der Waals surface area (Å²) in [6.07, 6.45) is 0.528. The minimum Gasteiger partial charge on any atom is -0.497 e. The Bertz CT molecular complexity index is 819. The molecule has 0 amide bonds. The average Bonchev–Trinajstić information content (AvgIpc) is 2.60. The van der Waals surface area contributed by atoms with Crippen molar-refractivity contribution in [2.75, 3.05) is 7.11 Å². The summed E-state index contributed by atoms with van der Waals surface area (Å²) < 4.78 is 32.7. The van der Waals surface area contributed by atoms with Crippen molar-refractivity contribution < 1.29 is 18.1 Å². The summed E-state index contributed by atoms with van der Waals surface area (Å²) in [5, 5.41) is 10.8. The summed E-state index contributed by atoms with van der Waals surface area (Å²) >= 11 is 0. The second-order valence-electron chi connectivity index (χ2n) is 5.11. The standard InChI is InChI=1S/C16H18N2O5S/c1-3-16(12-7-9-14(23-2)10-8-12)17-24(21,22)15-6-4-5-13(11-15)18(19)20/h4-11,16-17H,3H2,1-2H3. The van der Waals surface area contributed by atoms with Crippen LogP contribution in [0.1, 0.15) is 24.9 Å². The lowest BCUT2D eigenvalue weighted by Crippen LogP contribution is -2.28. The van der Waals surface area contributed by atoms with Crippen LogP contribution in [-0.4, -0.2) is 20.5 Å². The van der Waals surface area contributed by atoms with E-state index in [1.807, 2.05) is 6.92 Å². The van der Waals surface area contributed by atoms with Gasteiger partial charge in [0.05, 0.1) is 16.9 Å². The Morgan fingerprint density at radius 3 is 2.42 bits per heavy atom. The summed E-state index contributed by atoms with van der Waals surface area (Å²) in [4.78, 5) is 10.1. The van der Waals surface area contributed by atoms with E-state index in [1.165, 1.54) is 18.2 Å². The first-order valence-corrected chi connectivity index (χ1v) is 8.76. The number of nitro groups is 1. The van der Waals surface area contributed by atoms with Crippen LogP contribution in [0.3, 0.4) is 0 Å². The average molecular weight is 350 g/mol. The molecule has 2 rings (SSSR count). The van der Waals surface area contributed by atoms with Gasteiger partial charge in [0, 0.05) is 18.2 Å². The highest BCUT2D eigenvalue weighted by Gasteiger charge is 2.22. The molecule has 1 atom stereocenters. The number of ether oxygens (including phenoxy) is 1. The number of nitrogens with one attached hydrogen (secondary N) is 1. The van der Waals surface area contributed by atoms with E-state index >= 15 is 0 Å². The van der Waals surface area contributed by atoms with Crippen LogP contribution in [0.4, 0.5) is 5.69 Å². The predicted octanol–water partition coefficient (Wildman–Crippen LogP) is 3.03. The topological polar surface area (TPSA) is 98.5 Å². The van der Waals surface area contributed by atoms with E-state index in [1.54, 1.807) is 31.4 Å². The largest absolute Gasteiger partial charge is 0.497 e. The van der Waals surface area contributed by atoms with Gasteiger partial charge in [-0.1, -0.05) is 25.1 Å². The highest BCUT2D eigenvalue weighted by molar-refractivity contribution is 7.89. The molecule has 0 heterocycles. The van der Waals surface area contributed by atoms with Gasteiger partial charge in [0.2, 0.25) is 10.0 Å². The summed E-state index contributed by atoms with van der Waals surface area (Å²) in [6.45, 7) is 1.85. The lowest BCUT2D eigenvalue weighted by molar-refractivity contribution is -0.385. The Morgan fingerprint density at radius 1 is 1.21 bits per heavy atom. The van der Waals surface area contributed by atoms with Crippen LogP contribution < -0.4 is 9.46 Å². The van der Waals surface area contributed by atoms with Gasteiger partial charge in [-0.15, -0.1) is 0 Å². The summed E-state index contributed by atoms with van der Waals surface area (Å²) in [5.74, 6) is 0.676. The van der Waals surface area contributed by atoms with Crippen LogP contribution in [0.15, 0.2) is 53.4 Å². The molecule has 2 aromatic rings. The maximum Gasteiger partial charge on any atom is 0.270 e. The minimum atomic E-state index is -3.88. The van der Waals surface area contributed by atoms with E-state index in [-0.39, 0.29) is 10.6 Å². The predicted molar refractivity (Wildman–Crippen MR) is 89.4 cm³/mol. The Kier molecular flexibility index (Phi) is 5.53. The molecule has 8 heteroatoms. The Balaban J connectivity index is 2.28. The highest BCUT2D eigenvalue weighted by Crippen LogP contribution is 2.24. The van der Waals surface area contributed by atoms with Gasteiger partial charge in [0.1, 0.15) is 5.75 Å². The zero-order valence-electron chi connectivity index (χ0n) is 13.3. The van der Waals surface area contributed by atoms with Gasteiger partial charge in [0.25, 0.3) is 5.69 Å². The number of hydrogen-bond donors (Lipinski definition) is 1. The lowest BCUT2D eigenvalue weighted by Gasteiger charge is -2.18. The molecule has 0 bridgehead atoms. The molecule has 0 aliphatic carbocycles. The number of rotatable bonds is 7. The van der Waals surface area contributed by atoms with E-state index in [2.05, 4.69) is 4.72 Å². The van der Waals surface area contributed by atoms with Crippen molar-refractivity contribution in [3.05, 3.63) is 64.2 Å². The molecule has 0 aromatic heterocycles. The molecule has 0 radical (unpaired) electrons. The van der Waals surface area contributed by atoms with Crippen molar-refractivity contribution in [2.24, 2.45) is 0 Å². The second kappa shape index (κ2) is 7.41. The van der Waals surface area contributed by atoms with Crippen molar-refractivity contribution in [3.8, 4) is 5.75 Å². The molecule has 2 aromatic carbocycles. The fraction of sp³-hybridized carbons (Fsp3) is 0.250. The summed E-state index contributed by atoms with van der Waals surface area (Å²) in [6, 6.07) is 11.6. The van der Waals surface area contributed by atoms with Crippen molar-refractivity contribution >= 4 is 15.7 Å². The number of benzene rings is 2. The molecule has 128 valence electrons. The molecule has 1 unspecified atom stereocenters. The van der Waals surface area contributed by atoms with E-state index in [0.29, 0.717) is 12.2 Å². The molecular formula is C16H18N2O5S. The first-order chi connectivity index (χ1) is 11.4. The number of methoxy groups -OCH3 is 1. The summed E-state index contributed by atoms with van der Waals surface area (Å²) in [7, 11) is -2.32. The molecule has 1 N–H and O–H groups in total. The van der Waals surface area contributed by atoms with Crippen LogP contribution in [0.5, 0.6) is 5.75 Å². The smallest absolute Gasteiger partial charge is 0.270 e.